The lowest BCUT2D eigenvalue weighted by Gasteiger charge is -2.23. The maximum atomic E-state index is 13.4. The highest BCUT2D eigenvalue weighted by atomic mass is 19.1. The number of hydrogen-bond donors (Lipinski definition) is 2. The zero-order chi connectivity index (χ0) is 16.1. The van der Waals surface area contributed by atoms with Crippen LogP contribution in [0.3, 0.4) is 0 Å². The van der Waals surface area contributed by atoms with E-state index < -0.39 is 11.9 Å². The number of halogens is 1. The molecular weight excluding hydrogens is 287 g/mol. The molecule has 0 aliphatic carbocycles. The molecule has 22 heavy (non-hydrogen) atoms. The first-order chi connectivity index (χ1) is 10.5. The van der Waals surface area contributed by atoms with Crippen LogP contribution in [-0.4, -0.2) is 34.9 Å². The van der Waals surface area contributed by atoms with Crippen molar-refractivity contribution in [3.63, 3.8) is 0 Å². The van der Waals surface area contributed by atoms with Crippen LogP contribution in [0.1, 0.15) is 17.3 Å². The van der Waals surface area contributed by atoms with E-state index in [1.165, 1.54) is 24.5 Å². The van der Waals surface area contributed by atoms with Crippen molar-refractivity contribution in [1.82, 2.24) is 20.2 Å². The minimum absolute atomic E-state index is 0.127. The third-order valence-electron chi connectivity index (χ3n) is 3.11. The van der Waals surface area contributed by atoms with Gasteiger partial charge in [0.05, 0.1) is 18.6 Å². The van der Waals surface area contributed by atoms with E-state index in [0.29, 0.717) is 11.3 Å². The number of amides is 1. The third-order valence-corrected chi connectivity index (χ3v) is 3.11. The van der Waals surface area contributed by atoms with Crippen LogP contribution in [-0.2, 0) is 11.3 Å². The van der Waals surface area contributed by atoms with Gasteiger partial charge in [-0.2, -0.15) is 0 Å². The molecule has 0 spiro atoms. The molecule has 2 N–H and O–H groups in total. The Morgan fingerprint density at radius 1 is 1.41 bits per heavy atom. The standard InChI is InChI=1S/C15H17FN4O2/c1-20(2)14(10-4-3-5-11(16)6-10)15(22)17-8-12-7-13(21)19-9-18-12/h3-7,9,14H,8H2,1-2H3,(H,17,22)(H,18,19,21)/t14-/m0/s1. The van der Waals surface area contributed by atoms with Gasteiger partial charge in [-0.15, -0.1) is 0 Å². The quantitative estimate of drug-likeness (QED) is 0.857. The molecule has 1 aromatic heterocycles. The largest absolute Gasteiger partial charge is 0.349 e. The fourth-order valence-corrected chi connectivity index (χ4v) is 2.14. The minimum atomic E-state index is -0.627. The summed E-state index contributed by atoms with van der Waals surface area (Å²) in [7, 11) is 3.47. The second kappa shape index (κ2) is 6.95. The van der Waals surface area contributed by atoms with Gasteiger partial charge in [-0.05, 0) is 31.8 Å². The molecule has 1 aromatic carbocycles. The topological polar surface area (TPSA) is 78.1 Å². The van der Waals surface area contributed by atoms with Crippen LogP contribution in [0.2, 0.25) is 0 Å². The smallest absolute Gasteiger partial charge is 0.250 e. The number of aromatic amines is 1. The van der Waals surface area contributed by atoms with Crippen LogP contribution in [0, 0.1) is 5.82 Å². The summed E-state index contributed by atoms with van der Waals surface area (Å²) in [6.07, 6.45) is 1.28. The predicted octanol–water partition coefficient (Wildman–Crippen LogP) is 0.828. The highest BCUT2D eigenvalue weighted by Crippen LogP contribution is 2.19. The van der Waals surface area contributed by atoms with E-state index in [4.69, 9.17) is 0 Å². The first-order valence-corrected chi connectivity index (χ1v) is 6.70. The van der Waals surface area contributed by atoms with Crippen LogP contribution in [0.4, 0.5) is 4.39 Å². The number of carbonyl (C=O) groups excluding carboxylic acids is 1. The van der Waals surface area contributed by atoms with Crippen molar-refractivity contribution in [3.8, 4) is 0 Å². The summed E-state index contributed by atoms with van der Waals surface area (Å²) in [5.74, 6) is -0.689. The molecule has 0 unspecified atom stereocenters. The highest BCUT2D eigenvalue weighted by molar-refractivity contribution is 5.83. The zero-order valence-corrected chi connectivity index (χ0v) is 12.3. The summed E-state index contributed by atoms with van der Waals surface area (Å²) in [6.45, 7) is 0.127. The Morgan fingerprint density at radius 2 is 2.18 bits per heavy atom. The second-order valence-corrected chi connectivity index (χ2v) is 5.04. The number of aromatic nitrogens is 2. The average Bonchev–Trinajstić information content (AvgIpc) is 2.45. The van der Waals surface area contributed by atoms with Crippen molar-refractivity contribution in [2.45, 2.75) is 12.6 Å². The van der Waals surface area contributed by atoms with E-state index in [1.807, 2.05) is 0 Å². The van der Waals surface area contributed by atoms with Gasteiger partial charge in [-0.3, -0.25) is 14.5 Å². The maximum Gasteiger partial charge on any atom is 0.250 e. The Hall–Kier alpha value is -2.54. The van der Waals surface area contributed by atoms with Gasteiger partial charge in [0, 0.05) is 6.07 Å². The fourth-order valence-electron chi connectivity index (χ4n) is 2.14. The number of nitrogens with one attached hydrogen (secondary N) is 2. The zero-order valence-electron chi connectivity index (χ0n) is 12.3. The molecule has 0 aliphatic heterocycles. The van der Waals surface area contributed by atoms with Gasteiger partial charge in [0.25, 0.3) is 5.56 Å². The molecule has 0 saturated carbocycles. The van der Waals surface area contributed by atoms with E-state index in [0.717, 1.165) is 0 Å². The summed E-state index contributed by atoms with van der Waals surface area (Å²) in [6, 6.07) is 6.60. The van der Waals surface area contributed by atoms with Crippen molar-refractivity contribution >= 4 is 5.91 Å². The van der Waals surface area contributed by atoms with Crippen LogP contribution in [0.5, 0.6) is 0 Å². The van der Waals surface area contributed by atoms with E-state index >= 15 is 0 Å². The SMILES string of the molecule is CN(C)[C@H](C(=O)NCc1cc(=O)[nH]cn1)c1cccc(F)c1. The molecule has 6 nitrogen and oxygen atoms in total. The predicted molar refractivity (Wildman–Crippen MR) is 79.5 cm³/mol. The molecule has 2 aromatic rings. The minimum Gasteiger partial charge on any atom is -0.349 e. The lowest BCUT2D eigenvalue weighted by atomic mass is 10.1. The summed E-state index contributed by atoms with van der Waals surface area (Å²) in [5, 5.41) is 2.71. The molecule has 0 aliphatic rings. The molecule has 1 amide bonds. The molecule has 0 fully saturated rings. The monoisotopic (exact) mass is 304 g/mol. The molecule has 0 bridgehead atoms. The van der Waals surface area contributed by atoms with E-state index in [2.05, 4.69) is 15.3 Å². The van der Waals surface area contributed by atoms with Crippen molar-refractivity contribution in [2.24, 2.45) is 0 Å². The van der Waals surface area contributed by atoms with Crippen molar-refractivity contribution in [3.05, 3.63) is 64.1 Å². The van der Waals surface area contributed by atoms with E-state index in [9.17, 15) is 14.0 Å². The number of likely N-dealkylation sites (N-methyl/N-ethyl adjacent to an activating group) is 1. The Kier molecular flexibility index (Phi) is 5.00. The number of hydrogen-bond acceptors (Lipinski definition) is 4. The number of nitrogens with zero attached hydrogens (tertiary/aromatic N) is 2. The normalized spacial score (nSPS) is 12.2. The van der Waals surface area contributed by atoms with Crippen LogP contribution in [0.15, 0.2) is 41.5 Å². The van der Waals surface area contributed by atoms with Crippen molar-refractivity contribution in [2.75, 3.05) is 14.1 Å². The second-order valence-electron chi connectivity index (χ2n) is 5.04. The first kappa shape index (κ1) is 15.8. The Balaban J connectivity index is 2.12. The lowest BCUT2D eigenvalue weighted by molar-refractivity contribution is -0.126. The first-order valence-electron chi connectivity index (χ1n) is 6.70. The summed E-state index contributed by atoms with van der Waals surface area (Å²) >= 11 is 0. The van der Waals surface area contributed by atoms with Gasteiger partial charge in [-0.1, -0.05) is 12.1 Å². The van der Waals surface area contributed by atoms with Gasteiger partial charge < -0.3 is 10.3 Å². The van der Waals surface area contributed by atoms with Gasteiger partial charge in [-0.25, -0.2) is 9.37 Å². The van der Waals surface area contributed by atoms with Gasteiger partial charge in [0.2, 0.25) is 5.91 Å². The fraction of sp³-hybridized carbons (Fsp3) is 0.267. The van der Waals surface area contributed by atoms with E-state index in [-0.39, 0.29) is 18.0 Å². The maximum absolute atomic E-state index is 13.4. The third kappa shape index (κ3) is 3.98. The molecule has 116 valence electrons. The summed E-state index contributed by atoms with van der Waals surface area (Å²) in [4.78, 5) is 31.6. The number of H-pyrrole nitrogens is 1. The van der Waals surface area contributed by atoms with E-state index in [1.54, 1.807) is 31.1 Å². The Labute approximate surface area is 127 Å². The molecule has 1 heterocycles. The van der Waals surface area contributed by atoms with Crippen molar-refractivity contribution < 1.29 is 9.18 Å². The summed E-state index contributed by atoms with van der Waals surface area (Å²) in [5.41, 5.74) is 0.726. The Bertz CT molecular complexity index is 714. The van der Waals surface area contributed by atoms with Crippen molar-refractivity contribution in [1.29, 1.82) is 0 Å². The van der Waals surface area contributed by atoms with Gasteiger partial charge >= 0.3 is 0 Å². The number of benzene rings is 1. The number of rotatable bonds is 5. The van der Waals surface area contributed by atoms with Gasteiger partial charge in [0.1, 0.15) is 11.9 Å². The molecule has 2 rings (SSSR count). The molecule has 0 saturated heterocycles. The van der Waals surface area contributed by atoms with Crippen LogP contribution in [0.25, 0.3) is 0 Å². The molecular formula is C15H17FN4O2. The molecule has 7 heteroatoms. The molecule has 0 radical (unpaired) electrons. The summed E-state index contributed by atoms with van der Waals surface area (Å²) < 4.78 is 13.4. The lowest BCUT2D eigenvalue weighted by Crippen LogP contribution is -2.37. The highest BCUT2D eigenvalue weighted by Gasteiger charge is 2.23. The Morgan fingerprint density at radius 3 is 2.82 bits per heavy atom. The molecule has 1 atom stereocenters. The van der Waals surface area contributed by atoms with Crippen LogP contribution >= 0.6 is 0 Å². The number of carbonyl (C=O) groups is 1. The average molecular weight is 304 g/mol. The van der Waals surface area contributed by atoms with Gasteiger partial charge in [0.15, 0.2) is 0 Å². The van der Waals surface area contributed by atoms with Crippen LogP contribution < -0.4 is 10.9 Å².